The number of amides is 1. The maximum Gasteiger partial charge on any atom is 0.253 e. The lowest BCUT2D eigenvalue weighted by atomic mass is 10.0. The quantitative estimate of drug-likeness (QED) is 0.782. The van der Waals surface area contributed by atoms with Gasteiger partial charge in [0.1, 0.15) is 11.6 Å². The third-order valence-corrected chi connectivity index (χ3v) is 4.85. The maximum atomic E-state index is 13.7. The minimum atomic E-state index is -0.338. The second kappa shape index (κ2) is 8.97. The predicted octanol–water partition coefficient (Wildman–Crippen LogP) is 2.91. The number of piperazine rings is 1. The van der Waals surface area contributed by atoms with E-state index in [0.29, 0.717) is 36.6 Å². The molecule has 0 saturated carbocycles. The summed E-state index contributed by atoms with van der Waals surface area (Å²) in [6, 6.07) is 11.7. The van der Waals surface area contributed by atoms with Crippen LogP contribution in [-0.2, 0) is 4.74 Å². The first-order valence-electron chi connectivity index (χ1n) is 9.07. The number of benzene rings is 2. The summed E-state index contributed by atoms with van der Waals surface area (Å²) in [7, 11) is 3.25. The van der Waals surface area contributed by atoms with Gasteiger partial charge in [0.05, 0.1) is 13.7 Å². The maximum absolute atomic E-state index is 13.7. The highest BCUT2D eigenvalue weighted by Crippen LogP contribution is 2.31. The minimum Gasteiger partial charge on any atom is -0.496 e. The first-order chi connectivity index (χ1) is 13.1. The summed E-state index contributed by atoms with van der Waals surface area (Å²) in [6.07, 6.45) is 0. The molecule has 5 nitrogen and oxygen atoms in total. The largest absolute Gasteiger partial charge is 0.496 e. The second-order valence-electron chi connectivity index (χ2n) is 6.55. The number of carbonyl (C=O) groups is 1. The summed E-state index contributed by atoms with van der Waals surface area (Å²) in [4.78, 5) is 17.1. The van der Waals surface area contributed by atoms with Crippen molar-refractivity contribution < 1.29 is 18.7 Å². The van der Waals surface area contributed by atoms with Gasteiger partial charge >= 0.3 is 0 Å². The Kier molecular flexibility index (Phi) is 6.42. The molecule has 1 amide bonds. The van der Waals surface area contributed by atoms with Crippen LogP contribution in [0.4, 0.5) is 4.39 Å². The number of ether oxygens (including phenoxy) is 2. The molecule has 1 saturated heterocycles. The lowest BCUT2D eigenvalue weighted by molar-refractivity contribution is 0.0594. The minimum absolute atomic E-state index is 0.00129. The van der Waals surface area contributed by atoms with Crippen LogP contribution in [0.2, 0.25) is 0 Å². The van der Waals surface area contributed by atoms with Gasteiger partial charge in [0.25, 0.3) is 5.91 Å². The standard InChI is InChI=1S/C21H25FN2O3/c1-26-13-12-23-8-10-24(11-9-23)21(25)17-5-3-4-16(14-17)19-15-18(22)6-7-20(19)27-2/h3-7,14-15H,8-13H2,1-2H3. The molecule has 2 aromatic carbocycles. The molecular weight excluding hydrogens is 347 g/mol. The number of hydrogen-bond acceptors (Lipinski definition) is 4. The van der Waals surface area contributed by atoms with Crippen molar-refractivity contribution in [2.24, 2.45) is 0 Å². The highest BCUT2D eigenvalue weighted by atomic mass is 19.1. The van der Waals surface area contributed by atoms with Crippen molar-refractivity contribution in [2.75, 3.05) is 53.6 Å². The molecule has 0 spiro atoms. The predicted molar refractivity (Wildman–Crippen MR) is 103 cm³/mol. The molecule has 6 heteroatoms. The fourth-order valence-electron chi connectivity index (χ4n) is 3.30. The second-order valence-corrected chi connectivity index (χ2v) is 6.55. The van der Waals surface area contributed by atoms with Gasteiger partial charge in [-0.25, -0.2) is 4.39 Å². The normalized spacial score (nSPS) is 15.0. The number of methoxy groups -OCH3 is 2. The molecule has 27 heavy (non-hydrogen) atoms. The first kappa shape index (κ1) is 19.3. The van der Waals surface area contributed by atoms with Crippen LogP contribution < -0.4 is 4.74 Å². The average Bonchev–Trinajstić information content (AvgIpc) is 2.72. The van der Waals surface area contributed by atoms with Gasteiger partial charge in [-0.1, -0.05) is 12.1 Å². The van der Waals surface area contributed by atoms with Gasteiger partial charge in [0, 0.05) is 51.0 Å². The Morgan fingerprint density at radius 2 is 1.85 bits per heavy atom. The number of carbonyl (C=O) groups excluding carboxylic acids is 1. The number of hydrogen-bond donors (Lipinski definition) is 0. The molecule has 1 heterocycles. The summed E-state index contributed by atoms with van der Waals surface area (Å²) in [5.74, 6) is 0.237. The molecule has 144 valence electrons. The lowest BCUT2D eigenvalue weighted by Crippen LogP contribution is -2.49. The molecule has 0 bridgehead atoms. The van der Waals surface area contributed by atoms with Gasteiger partial charge in [-0.3, -0.25) is 9.69 Å². The summed E-state index contributed by atoms with van der Waals surface area (Å²) in [6.45, 7) is 4.64. The molecule has 2 aromatic rings. The van der Waals surface area contributed by atoms with Crippen LogP contribution >= 0.6 is 0 Å². The number of rotatable bonds is 6. The van der Waals surface area contributed by atoms with E-state index in [1.165, 1.54) is 12.1 Å². The van der Waals surface area contributed by atoms with Crippen LogP contribution in [0.3, 0.4) is 0 Å². The van der Waals surface area contributed by atoms with Crippen molar-refractivity contribution in [3.63, 3.8) is 0 Å². The average molecular weight is 372 g/mol. The van der Waals surface area contributed by atoms with Crippen molar-refractivity contribution in [1.82, 2.24) is 9.80 Å². The lowest BCUT2D eigenvalue weighted by Gasteiger charge is -2.34. The van der Waals surface area contributed by atoms with E-state index < -0.39 is 0 Å². The van der Waals surface area contributed by atoms with Crippen molar-refractivity contribution in [3.05, 3.63) is 53.8 Å². The van der Waals surface area contributed by atoms with E-state index in [2.05, 4.69) is 4.90 Å². The van der Waals surface area contributed by atoms with Crippen LogP contribution in [0.5, 0.6) is 5.75 Å². The third kappa shape index (κ3) is 4.64. The third-order valence-electron chi connectivity index (χ3n) is 4.85. The molecule has 0 radical (unpaired) electrons. The molecule has 0 unspecified atom stereocenters. The fourth-order valence-corrected chi connectivity index (χ4v) is 3.30. The Hall–Kier alpha value is -2.44. The molecule has 0 atom stereocenters. The molecule has 1 aliphatic rings. The Balaban J connectivity index is 1.74. The molecule has 1 aliphatic heterocycles. The van der Waals surface area contributed by atoms with E-state index in [9.17, 15) is 9.18 Å². The summed E-state index contributed by atoms with van der Waals surface area (Å²) in [5, 5.41) is 0. The van der Waals surface area contributed by atoms with Gasteiger partial charge in [-0.15, -0.1) is 0 Å². The van der Waals surface area contributed by atoms with E-state index in [1.807, 2.05) is 17.0 Å². The van der Waals surface area contributed by atoms with Gasteiger partial charge in [0.2, 0.25) is 0 Å². The smallest absolute Gasteiger partial charge is 0.253 e. The Labute approximate surface area is 159 Å². The van der Waals surface area contributed by atoms with Crippen LogP contribution in [-0.4, -0.2) is 69.3 Å². The summed E-state index contributed by atoms with van der Waals surface area (Å²) < 4.78 is 24.1. The van der Waals surface area contributed by atoms with Crippen molar-refractivity contribution in [2.45, 2.75) is 0 Å². The Morgan fingerprint density at radius 1 is 1.07 bits per heavy atom. The topological polar surface area (TPSA) is 42.0 Å². The van der Waals surface area contributed by atoms with Gasteiger partial charge in [0.15, 0.2) is 0 Å². The monoisotopic (exact) mass is 372 g/mol. The van der Waals surface area contributed by atoms with E-state index in [0.717, 1.165) is 25.2 Å². The highest BCUT2D eigenvalue weighted by Gasteiger charge is 2.22. The summed E-state index contributed by atoms with van der Waals surface area (Å²) >= 11 is 0. The molecule has 0 aromatic heterocycles. The van der Waals surface area contributed by atoms with E-state index in [1.54, 1.807) is 32.4 Å². The van der Waals surface area contributed by atoms with Crippen LogP contribution in [0, 0.1) is 5.82 Å². The highest BCUT2D eigenvalue weighted by molar-refractivity contribution is 5.95. The zero-order valence-electron chi connectivity index (χ0n) is 15.8. The Bertz CT molecular complexity index is 789. The Morgan fingerprint density at radius 3 is 2.56 bits per heavy atom. The van der Waals surface area contributed by atoms with Gasteiger partial charge in [-0.05, 0) is 35.9 Å². The van der Waals surface area contributed by atoms with Gasteiger partial charge < -0.3 is 14.4 Å². The molecular formula is C21H25FN2O3. The molecule has 1 fully saturated rings. The molecule has 0 N–H and O–H groups in total. The van der Waals surface area contributed by atoms with E-state index >= 15 is 0 Å². The van der Waals surface area contributed by atoms with Gasteiger partial charge in [-0.2, -0.15) is 0 Å². The SMILES string of the molecule is COCCN1CCN(C(=O)c2cccc(-c3cc(F)ccc3OC)c2)CC1. The van der Waals surface area contributed by atoms with Crippen LogP contribution in [0.15, 0.2) is 42.5 Å². The number of halogens is 1. The van der Waals surface area contributed by atoms with E-state index in [4.69, 9.17) is 9.47 Å². The summed E-state index contributed by atoms with van der Waals surface area (Å²) in [5.41, 5.74) is 2.00. The fraction of sp³-hybridized carbons (Fsp3) is 0.381. The first-order valence-corrected chi connectivity index (χ1v) is 9.07. The van der Waals surface area contributed by atoms with Crippen molar-refractivity contribution in [3.8, 4) is 16.9 Å². The number of nitrogens with zero attached hydrogens (tertiary/aromatic N) is 2. The van der Waals surface area contributed by atoms with Crippen LogP contribution in [0.25, 0.3) is 11.1 Å². The van der Waals surface area contributed by atoms with E-state index in [-0.39, 0.29) is 11.7 Å². The van der Waals surface area contributed by atoms with Crippen LogP contribution in [0.1, 0.15) is 10.4 Å². The van der Waals surface area contributed by atoms with Crippen molar-refractivity contribution in [1.29, 1.82) is 0 Å². The molecule has 0 aliphatic carbocycles. The zero-order chi connectivity index (χ0) is 19.2. The molecule has 3 rings (SSSR count). The zero-order valence-corrected chi connectivity index (χ0v) is 15.8. The van der Waals surface area contributed by atoms with Crippen molar-refractivity contribution >= 4 is 5.91 Å².